The van der Waals surface area contributed by atoms with E-state index in [0.717, 1.165) is 11.1 Å². The van der Waals surface area contributed by atoms with Crippen LogP contribution in [0, 0.1) is 6.92 Å². The lowest BCUT2D eigenvalue weighted by Gasteiger charge is -2.15. The molecule has 0 aliphatic heterocycles. The first kappa shape index (κ1) is 21.3. The Morgan fingerprint density at radius 2 is 1.93 bits per heavy atom. The molecular weight excluding hydrogens is 388 g/mol. The van der Waals surface area contributed by atoms with E-state index in [0.29, 0.717) is 10.8 Å². The van der Waals surface area contributed by atoms with Crippen molar-refractivity contribution in [3.63, 3.8) is 0 Å². The van der Waals surface area contributed by atoms with Crippen molar-refractivity contribution in [1.82, 2.24) is 10.9 Å². The molecule has 0 saturated heterocycles. The Bertz CT molecular complexity index is 848. The van der Waals surface area contributed by atoms with E-state index < -0.39 is 24.4 Å². The van der Waals surface area contributed by atoms with Gasteiger partial charge in [0.2, 0.25) is 0 Å². The monoisotopic (exact) mass is 408 g/mol. The lowest BCUT2D eigenvalue weighted by Crippen LogP contribution is -2.43. The molecule has 0 saturated carbocycles. The quantitative estimate of drug-likeness (QED) is 0.539. The summed E-state index contributed by atoms with van der Waals surface area (Å²) < 4.78 is 15.2. The molecule has 0 spiro atoms. The number of carbonyl (C=O) groups is 3. The van der Waals surface area contributed by atoms with Gasteiger partial charge in [0.1, 0.15) is 5.75 Å². The number of carbonyl (C=O) groups excluding carboxylic acids is 3. The summed E-state index contributed by atoms with van der Waals surface area (Å²) in [6, 6.07) is 6.52. The number of ether oxygens (including phenoxy) is 2. The summed E-state index contributed by atoms with van der Waals surface area (Å²) in [6.45, 7) is 4.85. The van der Waals surface area contributed by atoms with Gasteiger partial charge in [-0.3, -0.25) is 20.4 Å². The highest BCUT2D eigenvalue weighted by Gasteiger charge is 2.15. The zero-order chi connectivity index (χ0) is 20.7. The van der Waals surface area contributed by atoms with Gasteiger partial charge in [0.05, 0.1) is 6.26 Å². The average molecular weight is 409 g/mol. The minimum atomic E-state index is -0.727. The van der Waals surface area contributed by atoms with Crippen LogP contribution in [0.1, 0.15) is 41.4 Å². The van der Waals surface area contributed by atoms with Crippen molar-refractivity contribution in [3.05, 3.63) is 52.4 Å². The van der Waals surface area contributed by atoms with Gasteiger partial charge in [0.15, 0.2) is 19.0 Å². The second-order valence-corrected chi connectivity index (χ2v) is 6.63. The van der Waals surface area contributed by atoms with Crippen LogP contribution in [-0.4, -0.2) is 31.0 Å². The molecule has 8 nitrogen and oxygen atoms in total. The normalized spacial score (nSPS) is 10.5. The van der Waals surface area contributed by atoms with Crippen LogP contribution >= 0.6 is 11.6 Å². The van der Waals surface area contributed by atoms with E-state index in [4.69, 9.17) is 25.5 Å². The fourth-order valence-corrected chi connectivity index (χ4v) is 2.37. The molecule has 1 aromatic carbocycles. The van der Waals surface area contributed by atoms with Gasteiger partial charge in [0.25, 0.3) is 5.91 Å². The fourth-order valence-electron chi connectivity index (χ4n) is 2.20. The van der Waals surface area contributed by atoms with E-state index in [2.05, 4.69) is 10.9 Å². The number of hydrogen-bond donors (Lipinski definition) is 2. The van der Waals surface area contributed by atoms with E-state index >= 15 is 0 Å². The summed E-state index contributed by atoms with van der Waals surface area (Å²) in [5, 5.41) is 0.617. The molecule has 0 aliphatic carbocycles. The van der Waals surface area contributed by atoms with Gasteiger partial charge in [0, 0.05) is 5.02 Å². The standard InChI is InChI=1S/C19H21ClN2O6/c1-11(2)13-8-14(20)12(3)7-16(13)27-10-18(24)28-9-17(23)21-22-19(25)15-5-4-6-26-15/h4-8,11H,9-10H2,1-3H3,(H,21,23)(H,22,25). The highest BCUT2D eigenvalue weighted by Crippen LogP contribution is 2.31. The van der Waals surface area contributed by atoms with Crippen molar-refractivity contribution in [2.75, 3.05) is 13.2 Å². The lowest BCUT2D eigenvalue weighted by molar-refractivity contribution is -0.150. The van der Waals surface area contributed by atoms with Crippen LogP contribution in [-0.2, 0) is 14.3 Å². The summed E-state index contributed by atoms with van der Waals surface area (Å²) in [7, 11) is 0. The Labute approximate surface area is 167 Å². The molecule has 2 aromatic rings. The molecule has 2 N–H and O–H groups in total. The van der Waals surface area contributed by atoms with Crippen LogP contribution in [0.2, 0.25) is 5.02 Å². The average Bonchev–Trinajstić information content (AvgIpc) is 3.19. The molecule has 28 heavy (non-hydrogen) atoms. The zero-order valence-electron chi connectivity index (χ0n) is 15.7. The Balaban J connectivity index is 1.77. The highest BCUT2D eigenvalue weighted by molar-refractivity contribution is 6.31. The SMILES string of the molecule is Cc1cc(OCC(=O)OCC(=O)NNC(=O)c2ccco2)c(C(C)C)cc1Cl. The number of aryl methyl sites for hydroxylation is 1. The number of nitrogens with one attached hydrogen (secondary N) is 2. The molecule has 0 bridgehead atoms. The largest absolute Gasteiger partial charge is 0.482 e. The van der Waals surface area contributed by atoms with Crippen LogP contribution in [0.15, 0.2) is 34.9 Å². The van der Waals surface area contributed by atoms with Gasteiger partial charge in [-0.15, -0.1) is 0 Å². The summed E-state index contributed by atoms with van der Waals surface area (Å²) >= 11 is 6.13. The third-order valence-electron chi connectivity index (χ3n) is 3.68. The number of furan rings is 1. The molecule has 1 aromatic heterocycles. The van der Waals surface area contributed by atoms with E-state index in [1.807, 2.05) is 20.8 Å². The molecule has 0 fully saturated rings. The maximum atomic E-state index is 11.8. The van der Waals surface area contributed by atoms with Crippen molar-refractivity contribution in [2.24, 2.45) is 0 Å². The molecular formula is C19H21ClN2O6. The first-order valence-corrected chi connectivity index (χ1v) is 8.87. The first-order valence-electron chi connectivity index (χ1n) is 8.49. The molecule has 1 heterocycles. The highest BCUT2D eigenvalue weighted by atomic mass is 35.5. The van der Waals surface area contributed by atoms with Gasteiger partial charge in [-0.2, -0.15) is 0 Å². The van der Waals surface area contributed by atoms with Crippen molar-refractivity contribution in [2.45, 2.75) is 26.7 Å². The van der Waals surface area contributed by atoms with Gasteiger partial charge < -0.3 is 13.9 Å². The lowest BCUT2D eigenvalue weighted by atomic mass is 10.0. The third-order valence-corrected chi connectivity index (χ3v) is 4.09. The maximum absolute atomic E-state index is 11.8. The Morgan fingerprint density at radius 1 is 1.18 bits per heavy atom. The smallest absolute Gasteiger partial charge is 0.344 e. The molecule has 0 unspecified atom stereocenters. The summed E-state index contributed by atoms with van der Waals surface area (Å²) in [4.78, 5) is 35.0. The van der Waals surface area contributed by atoms with Crippen molar-refractivity contribution >= 4 is 29.4 Å². The molecule has 2 rings (SSSR count). The second-order valence-electron chi connectivity index (χ2n) is 6.22. The Kier molecular flexibility index (Phi) is 7.45. The third kappa shape index (κ3) is 6.02. The summed E-state index contributed by atoms with van der Waals surface area (Å²) in [5.74, 6) is -1.36. The van der Waals surface area contributed by atoms with Crippen LogP contribution < -0.4 is 15.6 Å². The number of hydrogen-bond acceptors (Lipinski definition) is 6. The van der Waals surface area contributed by atoms with E-state index in [9.17, 15) is 14.4 Å². The van der Waals surface area contributed by atoms with Crippen molar-refractivity contribution in [1.29, 1.82) is 0 Å². The number of amides is 2. The predicted octanol–water partition coefficient (Wildman–Crippen LogP) is 2.75. The molecule has 0 atom stereocenters. The van der Waals surface area contributed by atoms with Crippen LogP contribution in [0.3, 0.4) is 0 Å². The molecule has 0 aliphatic rings. The van der Waals surface area contributed by atoms with Crippen LogP contribution in [0.4, 0.5) is 0 Å². The maximum Gasteiger partial charge on any atom is 0.344 e. The van der Waals surface area contributed by atoms with Crippen molar-refractivity contribution < 1.29 is 28.3 Å². The van der Waals surface area contributed by atoms with Crippen molar-refractivity contribution in [3.8, 4) is 5.75 Å². The van der Waals surface area contributed by atoms with Gasteiger partial charge in [-0.1, -0.05) is 25.4 Å². The molecule has 9 heteroatoms. The number of hydrazine groups is 1. The van der Waals surface area contributed by atoms with Gasteiger partial charge >= 0.3 is 11.9 Å². The zero-order valence-corrected chi connectivity index (χ0v) is 16.5. The Morgan fingerprint density at radius 3 is 2.57 bits per heavy atom. The predicted molar refractivity (Wildman–Crippen MR) is 101 cm³/mol. The molecule has 0 radical (unpaired) electrons. The Hall–Kier alpha value is -3.00. The van der Waals surface area contributed by atoms with E-state index in [1.165, 1.54) is 18.4 Å². The molecule has 150 valence electrons. The van der Waals surface area contributed by atoms with Crippen LogP contribution in [0.5, 0.6) is 5.75 Å². The number of benzene rings is 1. The number of esters is 1. The number of rotatable bonds is 7. The first-order chi connectivity index (χ1) is 13.3. The van der Waals surface area contributed by atoms with E-state index in [1.54, 1.807) is 12.1 Å². The topological polar surface area (TPSA) is 107 Å². The molecule has 2 amide bonds. The minimum absolute atomic E-state index is 0.0323. The van der Waals surface area contributed by atoms with Crippen LogP contribution in [0.25, 0.3) is 0 Å². The second kappa shape index (κ2) is 9.80. The summed E-state index contributed by atoms with van der Waals surface area (Å²) in [6.07, 6.45) is 1.32. The van der Waals surface area contributed by atoms with Gasteiger partial charge in [-0.25, -0.2) is 4.79 Å². The van der Waals surface area contributed by atoms with E-state index in [-0.39, 0.29) is 18.3 Å². The number of halogens is 1. The summed E-state index contributed by atoms with van der Waals surface area (Å²) in [5.41, 5.74) is 5.92. The fraction of sp³-hybridized carbons (Fsp3) is 0.316. The van der Waals surface area contributed by atoms with Gasteiger partial charge in [-0.05, 0) is 48.2 Å². The minimum Gasteiger partial charge on any atom is -0.482 e.